The zero-order chi connectivity index (χ0) is 40.6. The predicted octanol–water partition coefficient (Wildman–Crippen LogP) is 6.13. The lowest BCUT2D eigenvalue weighted by atomic mass is 9.88. The summed E-state index contributed by atoms with van der Waals surface area (Å²) in [7, 11) is 6.35. The van der Waals surface area contributed by atoms with Crippen LogP contribution in [-0.4, -0.2) is 60.4 Å². The van der Waals surface area contributed by atoms with Gasteiger partial charge in [-0.1, -0.05) is 6.42 Å². The van der Waals surface area contributed by atoms with Crippen LogP contribution in [0.1, 0.15) is 92.4 Å². The molecule has 12 aliphatic carbocycles. The molecule has 10 bridgehead atoms. The van der Waals surface area contributed by atoms with Crippen molar-refractivity contribution in [2.45, 2.75) is 84.2 Å². The number of allylic oxidation sites excluding steroid dienone is 4. The van der Waals surface area contributed by atoms with Crippen molar-refractivity contribution >= 4 is 11.6 Å². The molecular weight excluding hydrogens is 725 g/mol. The minimum Gasteiger partial charge on any atom is -0.496 e. The van der Waals surface area contributed by atoms with Crippen molar-refractivity contribution in [2.24, 2.45) is 0 Å². The zero-order valence-electron chi connectivity index (χ0n) is 33.2. The maximum atomic E-state index is 13.3. The number of methoxy groups -OCH3 is 4. The fourth-order valence-electron chi connectivity index (χ4n) is 8.11. The van der Waals surface area contributed by atoms with E-state index in [1.807, 2.05) is 48.5 Å². The van der Waals surface area contributed by atoms with Crippen molar-refractivity contribution in [2.75, 3.05) is 28.4 Å². The van der Waals surface area contributed by atoms with Gasteiger partial charge in [-0.15, -0.1) is 0 Å². The summed E-state index contributed by atoms with van der Waals surface area (Å²) in [5, 5.41) is 42.1. The molecule has 4 aromatic carbocycles. The number of aryl methyl sites for hydroxylation is 1. The average Bonchev–Trinajstić information content (AvgIpc) is 3.22. The quantitative estimate of drug-likeness (QED) is 0.154. The molecule has 0 aromatic heterocycles. The minimum atomic E-state index is -0.267. The number of hydrogen-bond acceptors (Lipinski definition) is 10. The summed E-state index contributed by atoms with van der Waals surface area (Å²) in [6.45, 7) is -0.864. The van der Waals surface area contributed by atoms with Crippen molar-refractivity contribution in [3.8, 4) is 23.0 Å². The van der Waals surface area contributed by atoms with Gasteiger partial charge in [-0.3, -0.25) is 9.59 Å². The van der Waals surface area contributed by atoms with E-state index in [9.17, 15) is 30.0 Å². The second kappa shape index (κ2) is 18.8. The van der Waals surface area contributed by atoms with E-state index in [0.29, 0.717) is 82.9 Å². The number of ketones is 2. The Hall–Kier alpha value is -5.26. The molecule has 4 aromatic rings. The topological polar surface area (TPSA) is 152 Å². The zero-order valence-corrected chi connectivity index (χ0v) is 33.2. The fourth-order valence-corrected chi connectivity index (χ4v) is 8.11. The lowest BCUT2D eigenvalue weighted by Gasteiger charge is -2.20. The monoisotopic (exact) mass is 776 g/mol. The van der Waals surface area contributed by atoms with Gasteiger partial charge in [0.25, 0.3) is 0 Å². The van der Waals surface area contributed by atoms with E-state index in [1.165, 1.54) is 12.2 Å². The summed E-state index contributed by atoms with van der Waals surface area (Å²) in [6, 6.07) is 15.3. The van der Waals surface area contributed by atoms with E-state index in [4.69, 9.17) is 18.9 Å². The molecular formula is C47H52O10. The lowest BCUT2D eigenvalue weighted by Crippen LogP contribution is -2.15. The van der Waals surface area contributed by atoms with Crippen LogP contribution in [0.3, 0.4) is 0 Å². The third-order valence-electron chi connectivity index (χ3n) is 11.3. The molecule has 4 N–H and O–H groups in total. The van der Waals surface area contributed by atoms with E-state index < -0.39 is 0 Å². The third kappa shape index (κ3) is 9.16. The lowest BCUT2D eigenvalue weighted by molar-refractivity contribution is -0.115. The molecule has 0 fully saturated rings. The predicted molar refractivity (Wildman–Crippen MR) is 216 cm³/mol. The molecule has 12 aliphatic rings. The number of aliphatic hydroxyl groups excluding tert-OH is 4. The van der Waals surface area contributed by atoms with Crippen LogP contribution in [0.5, 0.6) is 23.0 Å². The molecule has 0 saturated heterocycles. The molecule has 0 heterocycles. The third-order valence-corrected chi connectivity index (χ3v) is 11.3. The van der Waals surface area contributed by atoms with Crippen LogP contribution in [0, 0.1) is 0 Å². The Labute approximate surface area is 334 Å². The molecule has 10 nitrogen and oxygen atoms in total. The Morgan fingerprint density at radius 2 is 0.737 bits per heavy atom. The molecule has 0 atom stereocenters. The van der Waals surface area contributed by atoms with Gasteiger partial charge in [0.05, 0.1) is 54.9 Å². The summed E-state index contributed by atoms with van der Waals surface area (Å²) < 4.78 is 23.4. The second-order valence-corrected chi connectivity index (χ2v) is 14.7. The number of fused-ring (bicyclic) bond motifs is 1. The number of carbonyl (C=O) groups excluding carboxylic acids is 2. The Morgan fingerprint density at radius 1 is 0.404 bits per heavy atom. The molecule has 0 saturated carbocycles. The number of benzene rings is 4. The van der Waals surface area contributed by atoms with Crippen molar-refractivity contribution in [1.29, 1.82) is 0 Å². The van der Waals surface area contributed by atoms with E-state index in [2.05, 4.69) is 0 Å². The highest BCUT2D eigenvalue weighted by Crippen LogP contribution is 2.36. The molecule has 0 amide bonds. The molecule has 0 spiro atoms. The van der Waals surface area contributed by atoms with Gasteiger partial charge in [-0.2, -0.15) is 0 Å². The van der Waals surface area contributed by atoms with Crippen molar-refractivity contribution < 1.29 is 49.0 Å². The summed E-state index contributed by atoms with van der Waals surface area (Å²) >= 11 is 0. The maximum absolute atomic E-state index is 13.3. The van der Waals surface area contributed by atoms with Crippen LogP contribution < -0.4 is 18.9 Å². The molecule has 10 heteroatoms. The smallest absolute Gasteiger partial charge is 0.182 e. The van der Waals surface area contributed by atoms with Crippen LogP contribution in [-0.2, 0) is 68.1 Å². The highest BCUT2D eigenvalue weighted by atomic mass is 16.5. The van der Waals surface area contributed by atoms with Crippen LogP contribution in [0.25, 0.3) is 0 Å². The van der Waals surface area contributed by atoms with Crippen molar-refractivity contribution in [3.63, 3.8) is 0 Å². The van der Waals surface area contributed by atoms with Crippen LogP contribution in [0.4, 0.5) is 0 Å². The van der Waals surface area contributed by atoms with Crippen LogP contribution >= 0.6 is 0 Å². The van der Waals surface area contributed by atoms with Gasteiger partial charge < -0.3 is 39.4 Å². The molecule has 0 aliphatic heterocycles. The van der Waals surface area contributed by atoms with Gasteiger partial charge in [-0.25, -0.2) is 0 Å². The Balaban J connectivity index is 1.45. The maximum Gasteiger partial charge on any atom is 0.182 e. The highest BCUT2D eigenvalue weighted by Gasteiger charge is 2.24. The molecule has 16 rings (SSSR count). The van der Waals surface area contributed by atoms with Gasteiger partial charge in [0.15, 0.2) is 11.6 Å². The van der Waals surface area contributed by atoms with E-state index in [-0.39, 0.29) is 44.4 Å². The number of carbonyl (C=O) groups is 2. The summed E-state index contributed by atoms with van der Waals surface area (Å²) in [5.41, 5.74) is 10.2. The van der Waals surface area contributed by atoms with E-state index in [0.717, 1.165) is 69.3 Å². The van der Waals surface area contributed by atoms with Crippen LogP contribution in [0.2, 0.25) is 0 Å². The second-order valence-electron chi connectivity index (χ2n) is 14.7. The average molecular weight is 777 g/mol. The number of rotatable bonds is 8. The molecule has 300 valence electrons. The summed E-state index contributed by atoms with van der Waals surface area (Å²) in [4.78, 5) is 26.6. The first-order valence-corrected chi connectivity index (χ1v) is 19.3. The van der Waals surface area contributed by atoms with Gasteiger partial charge >= 0.3 is 0 Å². The Morgan fingerprint density at radius 3 is 1.14 bits per heavy atom. The van der Waals surface area contributed by atoms with Gasteiger partial charge in [0.1, 0.15) is 23.0 Å². The standard InChI is InChI=1S/C47H52O10/c1-54-44-20-28-8-6-5-7-9-29-18-43(53)33(19-42(29)52)13-37-17-41(27-51)32(23-47(37)57-4)12-36-16-40(26-50)31(22-46(36)56-3)11-35-15-39(25-49)30(21-45(35)55-2)10-34(44)14-38(28)24-48/h14-23,48-51H,5-13,24-27H2,1-4H3. The molecule has 0 unspecified atom stereocenters. The van der Waals surface area contributed by atoms with Crippen molar-refractivity contribution in [1.82, 2.24) is 0 Å². The van der Waals surface area contributed by atoms with E-state index in [1.54, 1.807) is 28.4 Å². The SMILES string of the molecule is COc1cc2c(CO)cc1CC1=CC(=O)C(=CC1=O)CCCCCc1cc(OC)c(cc1CO)Cc1cc(OC)c(cc1CO)Cc1cc(OC)c(cc1CO)C2. The minimum absolute atomic E-state index is 0.147. The molecule has 0 radical (unpaired) electrons. The van der Waals surface area contributed by atoms with Gasteiger partial charge in [0.2, 0.25) is 0 Å². The largest absolute Gasteiger partial charge is 0.496 e. The normalized spacial score (nSPS) is 14.9. The Kier molecular flexibility index (Phi) is 13.6. The van der Waals surface area contributed by atoms with Crippen molar-refractivity contribution in [3.05, 3.63) is 139 Å². The summed E-state index contributed by atoms with van der Waals surface area (Å²) in [5.74, 6) is 2.01. The fraction of sp³-hybridized carbons (Fsp3) is 0.362. The first kappa shape index (κ1) is 41.4. The number of ether oxygens (including phenoxy) is 4. The molecule has 57 heavy (non-hydrogen) atoms. The summed E-state index contributed by atoms with van der Waals surface area (Å²) in [6.07, 6.45) is 7.74. The van der Waals surface area contributed by atoms with Gasteiger partial charge in [-0.05, 0) is 153 Å². The first-order chi connectivity index (χ1) is 27.7. The number of aliphatic hydroxyl groups is 4. The Bertz CT molecular complexity index is 2210. The first-order valence-electron chi connectivity index (χ1n) is 19.3. The van der Waals surface area contributed by atoms with Crippen LogP contribution in [0.15, 0.2) is 71.8 Å². The van der Waals surface area contributed by atoms with E-state index >= 15 is 0 Å². The van der Waals surface area contributed by atoms with Gasteiger partial charge in [0, 0.05) is 36.8 Å². The highest BCUT2D eigenvalue weighted by molar-refractivity contribution is 6.20. The number of hydrogen-bond donors (Lipinski definition) is 4.